The minimum Gasteiger partial charge on any atom is -0.441 e. The van der Waals surface area contributed by atoms with Gasteiger partial charge in [0.1, 0.15) is 5.52 Å². The van der Waals surface area contributed by atoms with Gasteiger partial charge in [-0.3, -0.25) is 0 Å². The fraction of sp³-hybridized carbons (Fsp3) is 0.632. The van der Waals surface area contributed by atoms with Crippen LogP contribution in [0, 0.1) is 12.8 Å². The molecule has 0 spiro atoms. The fourth-order valence-electron chi connectivity index (χ4n) is 3.86. The summed E-state index contributed by atoms with van der Waals surface area (Å²) < 4.78 is 11.0. The molecule has 2 atom stereocenters. The molecule has 2 aromatic rings. The molecule has 1 aliphatic heterocycles. The monoisotopic (exact) mass is 332 g/mol. The predicted molar refractivity (Wildman–Crippen MR) is 94.0 cm³/mol. The van der Waals surface area contributed by atoms with Crippen molar-refractivity contribution in [2.24, 2.45) is 5.92 Å². The number of hydrogen-bond donors (Lipinski definition) is 2. The van der Waals surface area contributed by atoms with Crippen LogP contribution in [0.4, 0.5) is 0 Å². The molecule has 5 nitrogen and oxygen atoms in total. The van der Waals surface area contributed by atoms with Gasteiger partial charge in [-0.25, -0.2) is 4.98 Å². The Labute approximate surface area is 143 Å². The van der Waals surface area contributed by atoms with Gasteiger partial charge in [-0.1, -0.05) is 12.1 Å². The summed E-state index contributed by atoms with van der Waals surface area (Å²) in [6.45, 7) is 4.44. The molecule has 1 saturated heterocycles. The van der Waals surface area contributed by atoms with Crippen LogP contribution >= 0.6 is 0 Å². The predicted octanol–water partition coefficient (Wildman–Crippen LogP) is 3.14. The number of benzene rings is 1. The molecular formula is C19H28N2O3. The second kappa shape index (κ2) is 7.64. The summed E-state index contributed by atoms with van der Waals surface area (Å²) in [5.41, 5.74) is 1.54. The van der Waals surface area contributed by atoms with Crippen molar-refractivity contribution < 1.29 is 14.3 Å². The quantitative estimate of drug-likeness (QED) is 0.763. The van der Waals surface area contributed by atoms with Gasteiger partial charge in [-0.2, -0.15) is 0 Å². The average Bonchev–Trinajstić information content (AvgIpc) is 2.99. The number of rotatable bonds is 7. The first-order chi connectivity index (χ1) is 11.6. The largest absolute Gasteiger partial charge is 0.441 e. The van der Waals surface area contributed by atoms with Crippen LogP contribution in [-0.4, -0.2) is 36.9 Å². The molecule has 5 heteroatoms. The van der Waals surface area contributed by atoms with Crippen LogP contribution in [-0.2, 0) is 10.3 Å². The zero-order valence-corrected chi connectivity index (χ0v) is 14.7. The number of aliphatic hydroxyl groups is 1. The molecule has 1 aromatic carbocycles. The Morgan fingerprint density at radius 3 is 3.04 bits per heavy atom. The SMILES string of the molecule is COCCCC[C@@](O)(c1cccc2nc(C)oc12)[C@@H]1CCCNC1. The lowest BCUT2D eigenvalue weighted by Crippen LogP contribution is -2.44. The fourth-order valence-corrected chi connectivity index (χ4v) is 3.86. The first kappa shape index (κ1) is 17.4. The molecule has 0 aliphatic carbocycles. The summed E-state index contributed by atoms with van der Waals surface area (Å²) in [4.78, 5) is 4.43. The second-order valence-electron chi connectivity index (χ2n) is 6.80. The molecule has 132 valence electrons. The Balaban J connectivity index is 1.95. The summed E-state index contributed by atoms with van der Waals surface area (Å²) in [6, 6.07) is 5.91. The highest BCUT2D eigenvalue weighted by atomic mass is 16.5. The van der Waals surface area contributed by atoms with Gasteiger partial charge >= 0.3 is 0 Å². The third-order valence-corrected chi connectivity index (χ3v) is 5.12. The minimum absolute atomic E-state index is 0.185. The zero-order chi connectivity index (χ0) is 17.0. The van der Waals surface area contributed by atoms with E-state index in [1.807, 2.05) is 25.1 Å². The van der Waals surface area contributed by atoms with Crippen LogP contribution in [0.15, 0.2) is 22.6 Å². The van der Waals surface area contributed by atoms with E-state index in [0.717, 1.165) is 62.0 Å². The number of nitrogens with zero attached hydrogens (tertiary/aromatic N) is 1. The maximum Gasteiger partial charge on any atom is 0.192 e. The number of methoxy groups -OCH3 is 1. The maximum atomic E-state index is 11.7. The summed E-state index contributed by atoms with van der Waals surface area (Å²) >= 11 is 0. The van der Waals surface area contributed by atoms with Gasteiger partial charge in [-0.15, -0.1) is 0 Å². The van der Waals surface area contributed by atoms with Crippen molar-refractivity contribution >= 4 is 11.1 Å². The van der Waals surface area contributed by atoms with E-state index in [1.165, 1.54) is 0 Å². The number of aromatic nitrogens is 1. The van der Waals surface area contributed by atoms with E-state index in [2.05, 4.69) is 10.3 Å². The minimum atomic E-state index is -0.896. The lowest BCUT2D eigenvalue weighted by Gasteiger charge is -2.39. The average molecular weight is 332 g/mol. The standard InChI is InChI=1S/C19H28N2O3/c1-14-21-17-9-5-8-16(18(17)24-14)19(22,10-3-4-12-23-2)15-7-6-11-20-13-15/h5,8-9,15,20,22H,3-4,6-7,10-13H2,1-2H3/t15-,19+/m1/s1. The van der Waals surface area contributed by atoms with Crippen molar-refractivity contribution in [3.63, 3.8) is 0 Å². The first-order valence-corrected chi connectivity index (χ1v) is 8.94. The van der Waals surface area contributed by atoms with Crippen molar-refractivity contribution in [2.75, 3.05) is 26.8 Å². The number of hydrogen-bond acceptors (Lipinski definition) is 5. The molecule has 0 saturated carbocycles. The Morgan fingerprint density at radius 2 is 2.29 bits per heavy atom. The van der Waals surface area contributed by atoms with Crippen LogP contribution in [0.25, 0.3) is 11.1 Å². The van der Waals surface area contributed by atoms with E-state index in [-0.39, 0.29) is 5.92 Å². The normalized spacial score (nSPS) is 21.0. The Morgan fingerprint density at radius 1 is 1.42 bits per heavy atom. The number of aryl methyl sites for hydroxylation is 1. The highest BCUT2D eigenvalue weighted by Gasteiger charge is 2.40. The van der Waals surface area contributed by atoms with E-state index in [4.69, 9.17) is 9.15 Å². The van der Waals surface area contributed by atoms with Gasteiger partial charge in [0.05, 0.1) is 5.60 Å². The van der Waals surface area contributed by atoms with Gasteiger partial charge in [0.15, 0.2) is 11.5 Å². The molecule has 2 heterocycles. The van der Waals surface area contributed by atoms with Gasteiger partial charge < -0.3 is 19.6 Å². The van der Waals surface area contributed by atoms with Crippen LogP contribution in [0.3, 0.4) is 0 Å². The number of para-hydroxylation sites is 1. The van der Waals surface area contributed by atoms with E-state index >= 15 is 0 Å². The topological polar surface area (TPSA) is 67.5 Å². The summed E-state index contributed by atoms with van der Waals surface area (Å²) in [6.07, 6.45) is 4.70. The highest BCUT2D eigenvalue weighted by Crippen LogP contribution is 2.41. The molecular weight excluding hydrogens is 304 g/mol. The van der Waals surface area contributed by atoms with Crippen molar-refractivity contribution in [1.29, 1.82) is 0 Å². The van der Waals surface area contributed by atoms with Crippen molar-refractivity contribution in [1.82, 2.24) is 10.3 Å². The molecule has 3 rings (SSSR count). The summed E-state index contributed by atoms with van der Waals surface area (Å²) in [5, 5.41) is 15.2. The second-order valence-corrected chi connectivity index (χ2v) is 6.80. The summed E-state index contributed by atoms with van der Waals surface area (Å²) in [7, 11) is 1.72. The third-order valence-electron chi connectivity index (χ3n) is 5.12. The van der Waals surface area contributed by atoms with E-state index in [0.29, 0.717) is 12.3 Å². The van der Waals surface area contributed by atoms with Crippen molar-refractivity contribution in [3.8, 4) is 0 Å². The number of oxazole rings is 1. The molecule has 1 aromatic heterocycles. The van der Waals surface area contributed by atoms with Crippen LogP contribution < -0.4 is 5.32 Å². The lowest BCUT2D eigenvalue weighted by atomic mass is 9.74. The molecule has 24 heavy (non-hydrogen) atoms. The van der Waals surface area contributed by atoms with E-state index in [1.54, 1.807) is 7.11 Å². The number of unbranched alkanes of at least 4 members (excludes halogenated alkanes) is 1. The third kappa shape index (κ3) is 3.48. The van der Waals surface area contributed by atoms with Crippen LogP contribution in [0.2, 0.25) is 0 Å². The maximum absolute atomic E-state index is 11.7. The Kier molecular flexibility index (Phi) is 5.54. The molecule has 0 unspecified atom stereocenters. The molecule has 2 N–H and O–H groups in total. The molecule has 0 bridgehead atoms. The lowest BCUT2D eigenvalue weighted by molar-refractivity contribution is -0.0428. The molecule has 1 fully saturated rings. The number of fused-ring (bicyclic) bond motifs is 1. The highest BCUT2D eigenvalue weighted by molar-refractivity contribution is 5.77. The molecule has 0 radical (unpaired) electrons. The van der Waals surface area contributed by atoms with Crippen molar-refractivity contribution in [3.05, 3.63) is 29.7 Å². The van der Waals surface area contributed by atoms with Gasteiger partial charge in [0.25, 0.3) is 0 Å². The summed E-state index contributed by atoms with van der Waals surface area (Å²) in [5.74, 6) is 0.825. The van der Waals surface area contributed by atoms with Gasteiger partial charge in [0.2, 0.25) is 0 Å². The molecule has 0 amide bonds. The molecule has 1 aliphatic rings. The van der Waals surface area contributed by atoms with E-state index in [9.17, 15) is 5.11 Å². The van der Waals surface area contributed by atoms with Gasteiger partial charge in [-0.05, 0) is 44.7 Å². The van der Waals surface area contributed by atoms with E-state index < -0.39 is 5.60 Å². The van der Waals surface area contributed by atoms with Crippen LogP contribution in [0.5, 0.6) is 0 Å². The van der Waals surface area contributed by atoms with Gasteiger partial charge in [0, 0.05) is 38.7 Å². The Bertz CT molecular complexity index is 664. The Hall–Kier alpha value is -1.43. The van der Waals surface area contributed by atoms with Crippen LogP contribution in [0.1, 0.15) is 43.6 Å². The van der Waals surface area contributed by atoms with Crippen molar-refractivity contribution in [2.45, 2.75) is 44.6 Å². The number of ether oxygens (including phenoxy) is 1. The number of piperidine rings is 1. The zero-order valence-electron chi connectivity index (χ0n) is 14.7. The smallest absolute Gasteiger partial charge is 0.192 e. The first-order valence-electron chi connectivity index (χ1n) is 8.94. The number of nitrogens with one attached hydrogen (secondary N) is 1.